The van der Waals surface area contributed by atoms with Gasteiger partial charge in [0.25, 0.3) is 0 Å². The fourth-order valence-corrected chi connectivity index (χ4v) is 3.57. The molecule has 0 aromatic rings. The molecular weight excluding hydrogens is 288 g/mol. The summed E-state index contributed by atoms with van der Waals surface area (Å²) in [5, 5.41) is 3.54. The molecule has 0 spiro atoms. The van der Waals surface area contributed by atoms with Crippen molar-refractivity contribution in [3.05, 3.63) is 0 Å². The molecule has 0 aromatic heterocycles. The van der Waals surface area contributed by atoms with Crippen molar-refractivity contribution < 1.29 is 13.2 Å². The van der Waals surface area contributed by atoms with Crippen molar-refractivity contribution in [1.29, 1.82) is 0 Å². The molecule has 1 fully saturated rings. The number of rotatable bonds is 10. The Bertz CT molecular complexity index is 373. The first kappa shape index (κ1) is 18.9. The number of sulfone groups is 1. The summed E-state index contributed by atoms with van der Waals surface area (Å²) in [6.45, 7) is 10.7. The highest BCUT2D eigenvalue weighted by atomic mass is 32.2. The van der Waals surface area contributed by atoms with Crippen LogP contribution in [0.15, 0.2) is 0 Å². The van der Waals surface area contributed by atoms with Crippen LogP contribution in [0.2, 0.25) is 0 Å². The highest BCUT2D eigenvalue weighted by molar-refractivity contribution is 7.91. The quantitative estimate of drug-likeness (QED) is 0.657. The third-order valence-electron chi connectivity index (χ3n) is 4.14. The van der Waals surface area contributed by atoms with E-state index in [-0.39, 0.29) is 23.7 Å². The number of morpholine rings is 1. The topological polar surface area (TPSA) is 58.6 Å². The van der Waals surface area contributed by atoms with Crippen LogP contribution in [0.5, 0.6) is 0 Å². The van der Waals surface area contributed by atoms with E-state index in [4.69, 9.17) is 4.74 Å². The SMILES string of the molecule is CCCNC(CCCS(=O)(=O)CC)C1CN(CC)CCO1. The fourth-order valence-electron chi connectivity index (χ4n) is 2.68. The van der Waals surface area contributed by atoms with Gasteiger partial charge in [0.05, 0.1) is 18.5 Å². The molecule has 0 bridgehead atoms. The van der Waals surface area contributed by atoms with Gasteiger partial charge in [-0.25, -0.2) is 8.42 Å². The van der Waals surface area contributed by atoms with Crippen LogP contribution in [0.4, 0.5) is 0 Å². The molecular formula is C15H32N2O3S. The molecule has 1 N–H and O–H groups in total. The van der Waals surface area contributed by atoms with Crippen molar-refractivity contribution in [3.8, 4) is 0 Å². The highest BCUT2D eigenvalue weighted by Crippen LogP contribution is 2.14. The molecule has 126 valence electrons. The van der Waals surface area contributed by atoms with Crippen LogP contribution in [0, 0.1) is 0 Å². The summed E-state index contributed by atoms with van der Waals surface area (Å²) in [5.41, 5.74) is 0. The zero-order valence-corrected chi connectivity index (χ0v) is 14.6. The van der Waals surface area contributed by atoms with E-state index in [0.29, 0.717) is 6.42 Å². The first-order chi connectivity index (χ1) is 10.0. The summed E-state index contributed by atoms with van der Waals surface area (Å²) in [6, 6.07) is 0.256. The lowest BCUT2D eigenvalue weighted by Gasteiger charge is -2.37. The lowest BCUT2D eigenvalue weighted by Crippen LogP contribution is -2.52. The molecule has 2 unspecified atom stereocenters. The number of ether oxygens (including phenoxy) is 1. The summed E-state index contributed by atoms with van der Waals surface area (Å²) in [5.74, 6) is 0.529. The summed E-state index contributed by atoms with van der Waals surface area (Å²) < 4.78 is 29.1. The zero-order chi connectivity index (χ0) is 15.7. The van der Waals surface area contributed by atoms with Crippen molar-refractivity contribution in [2.45, 2.75) is 52.2 Å². The van der Waals surface area contributed by atoms with Gasteiger partial charge in [0.15, 0.2) is 0 Å². The number of hydrogen-bond acceptors (Lipinski definition) is 5. The van der Waals surface area contributed by atoms with Crippen LogP contribution in [0.1, 0.15) is 40.0 Å². The second-order valence-corrected chi connectivity index (χ2v) is 8.21. The first-order valence-corrected chi connectivity index (χ1v) is 10.1. The van der Waals surface area contributed by atoms with Gasteiger partial charge >= 0.3 is 0 Å². The Morgan fingerprint density at radius 1 is 1.33 bits per heavy atom. The molecule has 5 nitrogen and oxygen atoms in total. The Kier molecular flexibility index (Phi) is 8.78. The van der Waals surface area contributed by atoms with Gasteiger partial charge in [-0.3, -0.25) is 4.90 Å². The van der Waals surface area contributed by atoms with Crippen molar-refractivity contribution in [2.24, 2.45) is 0 Å². The maximum absolute atomic E-state index is 11.6. The second-order valence-electron chi connectivity index (χ2n) is 5.74. The maximum atomic E-state index is 11.6. The molecule has 1 aliphatic rings. The van der Waals surface area contributed by atoms with E-state index in [1.807, 2.05) is 0 Å². The molecule has 0 radical (unpaired) electrons. The second kappa shape index (κ2) is 9.77. The highest BCUT2D eigenvalue weighted by Gasteiger charge is 2.27. The summed E-state index contributed by atoms with van der Waals surface area (Å²) >= 11 is 0. The first-order valence-electron chi connectivity index (χ1n) is 8.30. The van der Waals surface area contributed by atoms with E-state index in [2.05, 4.69) is 24.1 Å². The molecule has 0 saturated carbocycles. The van der Waals surface area contributed by atoms with Crippen molar-refractivity contribution in [1.82, 2.24) is 10.2 Å². The molecule has 0 aliphatic carbocycles. The van der Waals surface area contributed by atoms with E-state index in [9.17, 15) is 8.42 Å². The van der Waals surface area contributed by atoms with Crippen LogP contribution in [-0.4, -0.2) is 69.8 Å². The van der Waals surface area contributed by atoms with Gasteiger partial charge in [0.2, 0.25) is 0 Å². The molecule has 1 saturated heterocycles. The van der Waals surface area contributed by atoms with Crippen molar-refractivity contribution in [3.63, 3.8) is 0 Å². The van der Waals surface area contributed by atoms with E-state index in [0.717, 1.165) is 45.6 Å². The molecule has 6 heteroatoms. The third kappa shape index (κ3) is 7.08. The Hall–Kier alpha value is -0.170. The van der Waals surface area contributed by atoms with Gasteiger partial charge in [0.1, 0.15) is 9.84 Å². The molecule has 1 aliphatic heterocycles. The van der Waals surface area contributed by atoms with Crippen LogP contribution < -0.4 is 5.32 Å². The molecule has 2 atom stereocenters. The fraction of sp³-hybridized carbons (Fsp3) is 1.00. The lowest BCUT2D eigenvalue weighted by atomic mass is 10.0. The van der Waals surface area contributed by atoms with E-state index < -0.39 is 9.84 Å². The van der Waals surface area contributed by atoms with Crippen LogP contribution in [-0.2, 0) is 14.6 Å². The molecule has 1 rings (SSSR count). The van der Waals surface area contributed by atoms with E-state index in [1.165, 1.54) is 0 Å². The number of hydrogen-bond donors (Lipinski definition) is 1. The van der Waals surface area contributed by atoms with E-state index >= 15 is 0 Å². The van der Waals surface area contributed by atoms with Gasteiger partial charge in [-0.1, -0.05) is 20.8 Å². The van der Waals surface area contributed by atoms with E-state index in [1.54, 1.807) is 6.92 Å². The summed E-state index contributed by atoms with van der Waals surface area (Å²) in [4.78, 5) is 2.40. The Morgan fingerprint density at radius 3 is 2.71 bits per heavy atom. The largest absolute Gasteiger partial charge is 0.374 e. The molecule has 1 heterocycles. The van der Waals surface area contributed by atoms with Crippen LogP contribution in [0.25, 0.3) is 0 Å². The summed E-state index contributed by atoms with van der Waals surface area (Å²) in [7, 11) is -2.86. The third-order valence-corrected chi connectivity index (χ3v) is 5.93. The monoisotopic (exact) mass is 320 g/mol. The molecule has 0 aromatic carbocycles. The van der Waals surface area contributed by atoms with Crippen molar-refractivity contribution in [2.75, 3.05) is 44.3 Å². The molecule has 0 amide bonds. The Morgan fingerprint density at radius 2 is 2.10 bits per heavy atom. The lowest BCUT2D eigenvalue weighted by molar-refractivity contribution is -0.0461. The minimum absolute atomic E-state index is 0.176. The Balaban J connectivity index is 2.50. The van der Waals surface area contributed by atoms with Gasteiger partial charge in [-0.2, -0.15) is 0 Å². The van der Waals surface area contributed by atoms with Gasteiger partial charge in [-0.15, -0.1) is 0 Å². The number of nitrogens with zero attached hydrogens (tertiary/aromatic N) is 1. The van der Waals surface area contributed by atoms with Crippen LogP contribution in [0.3, 0.4) is 0 Å². The standard InChI is InChI=1S/C15H32N2O3S/c1-4-9-16-14(8-7-12-21(18,19)6-3)15-13-17(5-2)10-11-20-15/h14-16H,4-13H2,1-3H3. The van der Waals surface area contributed by atoms with Gasteiger partial charge < -0.3 is 10.1 Å². The molecule has 21 heavy (non-hydrogen) atoms. The number of likely N-dealkylation sites (N-methyl/N-ethyl adjacent to an activating group) is 1. The normalized spacial score (nSPS) is 22.3. The average Bonchev–Trinajstić information content (AvgIpc) is 2.50. The predicted molar refractivity (Wildman–Crippen MR) is 87.5 cm³/mol. The summed E-state index contributed by atoms with van der Waals surface area (Å²) in [6.07, 6.45) is 2.83. The predicted octanol–water partition coefficient (Wildman–Crippen LogP) is 1.29. The van der Waals surface area contributed by atoms with Gasteiger partial charge in [0, 0.05) is 24.9 Å². The Labute approximate surface area is 130 Å². The minimum Gasteiger partial charge on any atom is -0.374 e. The minimum atomic E-state index is -2.86. The zero-order valence-electron chi connectivity index (χ0n) is 13.8. The van der Waals surface area contributed by atoms with Crippen LogP contribution >= 0.6 is 0 Å². The average molecular weight is 320 g/mol. The number of nitrogens with one attached hydrogen (secondary N) is 1. The smallest absolute Gasteiger partial charge is 0.150 e. The van der Waals surface area contributed by atoms with Gasteiger partial charge in [-0.05, 0) is 32.4 Å². The van der Waals surface area contributed by atoms with Crippen molar-refractivity contribution >= 4 is 9.84 Å². The maximum Gasteiger partial charge on any atom is 0.150 e.